The first-order valence-electron chi connectivity index (χ1n) is 4.34. The number of pyridine rings is 1. The van der Waals surface area contributed by atoms with Crippen molar-refractivity contribution in [3.63, 3.8) is 0 Å². The molecule has 1 aromatic rings. The molecule has 0 radical (unpaired) electrons. The first-order chi connectivity index (χ1) is 6.03. The molecule has 72 valence electrons. The fourth-order valence-electron chi connectivity index (χ4n) is 1.14. The van der Waals surface area contributed by atoms with Gasteiger partial charge in [-0.15, -0.1) is 0 Å². The Bertz CT molecular complexity index is 267. The van der Waals surface area contributed by atoms with Crippen LogP contribution >= 0.6 is 15.9 Å². The van der Waals surface area contributed by atoms with Crippen molar-refractivity contribution in [1.82, 2.24) is 4.98 Å². The number of aromatic nitrogens is 1. The van der Waals surface area contributed by atoms with Crippen LogP contribution in [-0.2, 0) is 6.42 Å². The molecule has 0 aliphatic rings. The summed E-state index contributed by atoms with van der Waals surface area (Å²) in [5.41, 5.74) is 7.05. The van der Waals surface area contributed by atoms with E-state index in [1.165, 1.54) is 5.56 Å². The van der Waals surface area contributed by atoms with Crippen LogP contribution in [0.15, 0.2) is 22.9 Å². The lowest BCUT2D eigenvalue weighted by Crippen LogP contribution is -2.25. The minimum Gasteiger partial charge on any atom is -0.330 e. The molecule has 0 bridgehead atoms. The predicted molar refractivity (Wildman–Crippen MR) is 58.5 cm³/mol. The zero-order valence-electron chi connectivity index (χ0n) is 8.05. The molecule has 0 amide bonds. The quantitative estimate of drug-likeness (QED) is 0.828. The van der Waals surface area contributed by atoms with E-state index in [0.29, 0.717) is 6.54 Å². The molecule has 2 N–H and O–H groups in total. The Labute approximate surface area is 87.7 Å². The third kappa shape index (κ3) is 3.44. The predicted octanol–water partition coefficient (Wildman–Crippen LogP) is 2.37. The maximum atomic E-state index is 5.65. The van der Waals surface area contributed by atoms with E-state index < -0.39 is 0 Å². The zero-order chi connectivity index (χ0) is 9.90. The van der Waals surface area contributed by atoms with Crippen molar-refractivity contribution in [1.29, 1.82) is 0 Å². The Morgan fingerprint density at radius 2 is 2.15 bits per heavy atom. The van der Waals surface area contributed by atoms with Crippen molar-refractivity contribution >= 4 is 15.9 Å². The molecule has 0 aliphatic heterocycles. The van der Waals surface area contributed by atoms with Gasteiger partial charge in [-0.25, -0.2) is 4.98 Å². The standard InChI is InChI=1S/C10H15BrN2/c1-10(2,7-12)5-8-3-4-9(11)13-6-8/h3-4,6H,5,7,12H2,1-2H3. The van der Waals surface area contributed by atoms with Crippen LogP contribution in [0.3, 0.4) is 0 Å². The molecule has 3 heteroatoms. The second-order valence-electron chi connectivity index (χ2n) is 4.03. The Hall–Kier alpha value is -0.410. The van der Waals surface area contributed by atoms with E-state index in [4.69, 9.17) is 5.73 Å². The monoisotopic (exact) mass is 242 g/mol. The van der Waals surface area contributed by atoms with Gasteiger partial charge in [0.1, 0.15) is 4.60 Å². The highest BCUT2D eigenvalue weighted by Crippen LogP contribution is 2.20. The highest BCUT2D eigenvalue weighted by Gasteiger charge is 2.15. The molecule has 0 aliphatic carbocycles. The summed E-state index contributed by atoms with van der Waals surface area (Å²) in [5.74, 6) is 0. The van der Waals surface area contributed by atoms with E-state index in [0.717, 1.165) is 11.0 Å². The van der Waals surface area contributed by atoms with Crippen molar-refractivity contribution < 1.29 is 0 Å². The number of nitrogens with zero attached hydrogens (tertiary/aromatic N) is 1. The van der Waals surface area contributed by atoms with E-state index in [1.807, 2.05) is 12.3 Å². The molecule has 1 rings (SSSR count). The lowest BCUT2D eigenvalue weighted by atomic mass is 9.86. The summed E-state index contributed by atoms with van der Waals surface area (Å²) in [7, 11) is 0. The maximum Gasteiger partial charge on any atom is 0.106 e. The average molecular weight is 243 g/mol. The first kappa shape index (κ1) is 10.7. The van der Waals surface area contributed by atoms with Crippen LogP contribution in [0, 0.1) is 5.41 Å². The highest BCUT2D eigenvalue weighted by molar-refractivity contribution is 9.10. The van der Waals surface area contributed by atoms with Crippen LogP contribution in [-0.4, -0.2) is 11.5 Å². The molecule has 1 heterocycles. The fraction of sp³-hybridized carbons (Fsp3) is 0.500. The minimum atomic E-state index is 0.162. The van der Waals surface area contributed by atoms with Crippen LogP contribution in [0.1, 0.15) is 19.4 Å². The van der Waals surface area contributed by atoms with Gasteiger partial charge >= 0.3 is 0 Å². The van der Waals surface area contributed by atoms with Crippen LogP contribution in [0.4, 0.5) is 0 Å². The molecule has 0 saturated carbocycles. The Balaban J connectivity index is 2.69. The van der Waals surface area contributed by atoms with E-state index >= 15 is 0 Å². The average Bonchev–Trinajstić information content (AvgIpc) is 2.09. The topological polar surface area (TPSA) is 38.9 Å². The molecule has 0 fully saturated rings. The summed E-state index contributed by atoms with van der Waals surface area (Å²) in [5, 5.41) is 0. The summed E-state index contributed by atoms with van der Waals surface area (Å²) >= 11 is 3.31. The molecule has 0 aromatic carbocycles. The molecule has 0 saturated heterocycles. The SMILES string of the molecule is CC(C)(CN)Cc1ccc(Br)nc1. The molecule has 0 spiro atoms. The van der Waals surface area contributed by atoms with E-state index in [2.05, 4.69) is 40.8 Å². The third-order valence-corrected chi connectivity index (χ3v) is 2.49. The second kappa shape index (κ2) is 4.20. The molecule has 13 heavy (non-hydrogen) atoms. The summed E-state index contributed by atoms with van der Waals surface area (Å²) in [6.07, 6.45) is 2.87. The van der Waals surface area contributed by atoms with Crippen molar-refractivity contribution in [2.45, 2.75) is 20.3 Å². The maximum absolute atomic E-state index is 5.65. The van der Waals surface area contributed by atoms with Crippen molar-refractivity contribution in [3.05, 3.63) is 28.5 Å². The molecule has 1 aromatic heterocycles. The van der Waals surface area contributed by atoms with Gasteiger partial charge in [-0.2, -0.15) is 0 Å². The molecule has 0 atom stereocenters. The van der Waals surface area contributed by atoms with Gasteiger partial charge in [0.2, 0.25) is 0 Å². The number of nitrogens with two attached hydrogens (primary N) is 1. The van der Waals surface area contributed by atoms with Gasteiger partial charge in [0.05, 0.1) is 0 Å². The number of hydrogen-bond acceptors (Lipinski definition) is 2. The van der Waals surface area contributed by atoms with Crippen LogP contribution in [0.5, 0.6) is 0 Å². The molecular weight excluding hydrogens is 228 g/mol. The van der Waals surface area contributed by atoms with Crippen molar-refractivity contribution in [3.8, 4) is 0 Å². The zero-order valence-corrected chi connectivity index (χ0v) is 9.63. The van der Waals surface area contributed by atoms with Gasteiger partial charge in [-0.1, -0.05) is 19.9 Å². The van der Waals surface area contributed by atoms with Crippen molar-refractivity contribution in [2.24, 2.45) is 11.1 Å². The van der Waals surface area contributed by atoms with Crippen LogP contribution in [0.2, 0.25) is 0 Å². The largest absolute Gasteiger partial charge is 0.330 e. The van der Waals surface area contributed by atoms with Crippen molar-refractivity contribution in [2.75, 3.05) is 6.54 Å². The van der Waals surface area contributed by atoms with E-state index in [1.54, 1.807) is 0 Å². The summed E-state index contributed by atoms with van der Waals surface area (Å²) in [6, 6.07) is 4.04. The van der Waals surface area contributed by atoms with Gasteiger partial charge in [0, 0.05) is 6.20 Å². The number of halogens is 1. The van der Waals surface area contributed by atoms with Crippen LogP contribution < -0.4 is 5.73 Å². The Kier molecular flexibility index (Phi) is 3.45. The Morgan fingerprint density at radius 3 is 2.62 bits per heavy atom. The normalized spacial score (nSPS) is 11.7. The summed E-state index contributed by atoms with van der Waals surface area (Å²) < 4.78 is 0.877. The van der Waals surface area contributed by atoms with E-state index in [9.17, 15) is 0 Å². The lowest BCUT2D eigenvalue weighted by Gasteiger charge is -2.21. The lowest BCUT2D eigenvalue weighted by molar-refractivity contribution is 0.376. The molecular formula is C10H15BrN2. The summed E-state index contributed by atoms with van der Waals surface area (Å²) in [6.45, 7) is 5.02. The van der Waals surface area contributed by atoms with Gasteiger partial charge in [-0.05, 0) is 45.9 Å². The van der Waals surface area contributed by atoms with E-state index in [-0.39, 0.29) is 5.41 Å². The highest BCUT2D eigenvalue weighted by atomic mass is 79.9. The fourth-order valence-corrected chi connectivity index (χ4v) is 1.37. The van der Waals surface area contributed by atoms with Gasteiger partial charge in [0.15, 0.2) is 0 Å². The van der Waals surface area contributed by atoms with Crippen LogP contribution in [0.25, 0.3) is 0 Å². The number of hydrogen-bond donors (Lipinski definition) is 1. The minimum absolute atomic E-state index is 0.162. The molecule has 0 unspecified atom stereocenters. The van der Waals surface area contributed by atoms with Gasteiger partial charge in [0.25, 0.3) is 0 Å². The smallest absolute Gasteiger partial charge is 0.106 e. The third-order valence-electron chi connectivity index (χ3n) is 2.02. The summed E-state index contributed by atoms with van der Waals surface area (Å²) in [4.78, 5) is 4.17. The molecule has 2 nitrogen and oxygen atoms in total. The second-order valence-corrected chi connectivity index (χ2v) is 4.85. The van der Waals surface area contributed by atoms with Gasteiger partial charge in [-0.3, -0.25) is 0 Å². The Morgan fingerprint density at radius 1 is 1.46 bits per heavy atom. The van der Waals surface area contributed by atoms with Gasteiger partial charge < -0.3 is 5.73 Å². The first-order valence-corrected chi connectivity index (χ1v) is 5.13. The number of rotatable bonds is 3.